The molecule has 1 unspecified atom stereocenters. The highest BCUT2D eigenvalue weighted by Gasteiger charge is 2.21. The molecule has 0 spiro atoms. The molecule has 1 aliphatic heterocycles. The molecule has 0 saturated carbocycles. The number of thioether (sulfide) groups is 1. The summed E-state index contributed by atoms with van der Waals surface area (Å²) in [6, 6.07) is 2.03. The lowest BCUT2D eigenvalue weighted by atomic mass is 10.1. The summed E-state index contributed by atoms with van der Waals surface area (Å²) in [4.78, 5) is 11.4. The average Bonchev–Trinajstić information content (AvgIpc) is 2.47. The van der Waals surface area contributed by atoms with Crippen molar-refractivity contribution in [2.75, 3.05) is 43.2 Å². The Bertz CT molecular complexity index is 416. The second kappa shape index (κ2) is 6.96. The van der Waals surface area contributed by atoms with Crippen molar-refractivity contribution in [3.05, 3.63) is 6.07 Å². The summed E-state index contributed by atoms with van der Waals surface area (Å²) in [5.41, 5.74) is 0. The second-order valence-electron chi connectivity index (χ2n) is 4.57. The minimum atomic E-state index is 0.309. The Morgan fingerprint density at radius 2 is 2.37 bits per heavy atom. The number of anilines is 2. The number of nitrogens with zero attached hydrogens (tertiary/aromatic N) is 3. The van der Waals surface area contributed by atoms with E-state index >= 15 is 0 Å². The van der Waals surface area contributed by atoms with E-state index in [1.807, 2.05) is 12.3 Å². The third-order valence-electron chi connectivity index (χ3n) is 3.27. The summed E-state index contributed by atoms with van der Waals surface area (Å²) >= 11 is 1.57. The number of hydrogen-bond donors (Lipinski definition) is 1. The Morgan fingerprint density at radius 1 is 1.53 bits per heavy atom. The highest BCUT2D eigenvalue weighted by atomic mass is 32.2. The molecule has 1 saturated heterocycles. The highest BCUT2D eigenvalue weighted by Crippen LogP contribution is 2.24. The van der Waals surface area contributed by atoms with E-state index in [0.717, 1.165) is 49.3 Å². The molecule has 1 aromatic heterocycles. The molecule has 1 atom stereocenters. The van der Waals surface area contributed by atoms with Gasteiger partial charge in [-0.1, -0.05) is 11.8 Å². The lowest BCUT2D eigenvalue weighted by Gasteiger charge is -2.33. The van der Waals surface area contributed by atoms with Crippen molar-refractivity contribution in [2.24, 2.45) is 0 Å². The van der Waals surface area contributed by atoms with Crippen LogP contribution in [0.2, 0.25) is 0 Å². The van der Waals surface area contributed by atoms with Gasteiger partial charge in [0.15, 0.2) is 5.16 Å². The molecule has 2 heterocycles. The molecule has 5 nitrogen and oxygen atoms in total. The Hall–Kier alpha value is -1.01. The molecule has 6 heteroatoms. The number of hydrogen-bond acceptors (Lipinski definition) is 6. The third kappa shape index (κ3) is 3.73. The fraction of sp³-hybridized carbons (Fsp3) is 0.692. The van der Waals surface area contributed by atoms with Crippen LogP contribution in [0.15, 0.2) is 11.2 Å². The minimum absolute atomic E-state index is 0.309. The molecule has 0 bridgehead atoms. The van der Waals surface area contributed by atoms with E-state index in [4.69, 9.17) is 4.74 Å². The maximum Gasteiger partial charge on any atom is 0.191 e. The molecular formula is C13H22N4OS. The van der Waals surface area contributed by atoms with Crippen LogP contribution in [-0.4, -0.2) is 49.1 Å². The standard InChI is InChI=1S/C13H22N4OS/c1-4-14-11-8-12(16-13(15-11)19-3)17-7-5-6-10(9-17)18-2/h8,10H,4-7,9H2,1-3H3,(H,14,15,16). The van der Waals surface area contributed by atoms with Gasteiger partial charge in [-0.3, -0.25) is 0 Å². The third-order valence-corrected chi connectivity index (χ3v) is 3.82. The summed E-state index contributed by atoms with van der Waals surface area (Å²) in [6.07, 6.45) is 4.59. The number of piperidine rings is 1. The molecule has 1 N–H and O–H groups in total. The Kier molecular flexibility index (Phi) is 5.27. The zero-order valence-electron chi connectivity index (χ0n) is 11.8. The van der Waals surface area contributed by atoms with Crippen molar-refractivity contribution in [1.82, 2.24) is 9.97 Å². The zero-order valence-corrected chi connectivity index (χ0v) is 12.7. The fourth-order valence-corrected chi connectivity index (χ4v) is 2.65. The first-order chi connectivity index (χ1) is 9.26. The monoisotopic (exact) mass is 282 g/mol. The van der Waals surface area contributed by atoms with E-state index in [1.54, 1.807) is 18.9 Å². The van der Waals surface area contributed by atoms with E-state index in [2.05, 4.69) is 27.1 Å². The van der Waals surface area contributed by atoms with Crippen molar-refractivity contribution in [2.45, 2.75) is 31.0 Å². The highest BCUT2D eigenvalue weighted by molar-refractivity contribution is 7.98. The summed E-state index contributed by atoms with van der Waals surface area (Å²) in [5, 5.41) is 4.08. The number of ether oxygens (including phenoxy) is 1. The van der Waals surface area contributed by atoms with Gasteiger partial charge in [0.2, 0.25) is 0 Å². The van der Waals surface area contributed by atoms with Crippen LogP contribution < -0.4 is 10.2 Å². The first-order valence-electron chi connectivity index (χ1n) is 6.71. The first-order valence-corrected chi connectivity index (χ1v) is 7.94. The topological polar surface area (TPSA) is 50.3 Å². The van der Waals surface area contributed by atoms with Gasteiger partial charge in [0, 0.05) is 32.8 Å². The zero-order chi connectivity index (χ0) is 13.7. The normalized spacial score (nSPS) is 19.5. The maximum absolute atomic E-state index is 5.47. The van der Waals surface area contributed by atoms with Crippen LogP contribution in [0.4, 0.5) is 11.6 Å². The Morgan fingerprint density at radius 3 is 3.05 bits per heavy atom. The van der Waals surface area contributed by atoms with Gasteiger partial charge >= 0.3 is 0 Å². The number of rotatable bonds is 5. The lowest BCUT2D eigenvalue weighted by molar-refractivity contribution is 0.0891. The number of aromatic nitrogens is 2. The molecule has 106 valence electrons. The average molecular weight is 282 g/mol. The SMILES string of the molecule is CCNc1cc(N2CCCC(OC)C2)nc(SC)n1. The Labute approximate surface area is 119 Å². The summed E-state index contributed by atoms with van der Waals surface area (Å²) in [5.74, 6) is 1.90. The minimum Gasteiger partial charge on any atom is -0.380 e. The second-order valence-corrected chi connectivity index (χ2v) is 5.35. The number of nitrogens with one attached hydrogen (secondary N) is 1. The van der Waals surface area contributed by atoms with Crippen LogP contribution in [0.3, 0.4) is 0 Å². The van der Waals surface area contributed by atoms with Gasteiger partial charge in [-0.15, -0.1) is 0 Å². The van der Waals surface area contributed by atoms with Gasteiger partial charge < -0.3 is 15.0 Å². The van der Waals surface area contributed by atoms with Gasteiger partial charge in [0.25, 0.3) is 0 Å². The fourth-order valence-electron chi connectivity index (χ4n) is 2.28. The van der Waals surface area contributed by atoms with Gasteiger partial charge in [-0.05, 0) is 26.0 Å². The van der Waals surface area contributed by atoms with Gasteiger partial charge in [-0.25, -0.2) is 9.97 Å². The van der Waals surface area contributed by atoms with Crippen molar-refractivity contribution < 1.29 is 4.74 Å². The van der Waals surface area contributed by atoms with E-state index in [9.17, 15) is 0 Å². The van der Waals surface area contributed by atoms with Crippen molar-refractivity contribution in [1.29, 1.82) is 0 Å². The lowest BCUT2D eigenvalue weighted by Crippen LogP contribution is -2.39. The molecule has 1 fully saturated rings. The summed E-state index contributed by atoms with van der Waals surface area (Å²) in [7, 11) is 1.78. The van der Waals surface area contributed by atoms with Crippen LogP contribution in [0.5, 0.6) is 0 Å². The molecule has 0 amide bonds. The molecule has 0 aliphatic carbocycles. The van der Waals surface area contributed by atoms with Crippen molar-refractivity contribution in [3.63, 3.8) is 0 Å². The van der Waals surface area contributed by atoms with E-state index in [-0.39, 0.29) is 0 Å². The molecule has 0 aromatic carbocycles. The molecule has 0 radical (unpaired) electrons. The largest absolute Gasteiger partial charge is 0.380 e. The smallest absolute Gasteiger partial charge is 0.191 e. The Balaban J connectivity index is 2.19. The molecule has 19 heavy (non-hydrogen) atoms. The van der Waals surface area contributed by atoms with Gasteiger partial charge in [0.05, 0.1) is 6.10 Å². The van der Waals surface area contributed by atoms with Crippen LogP contribution in [0.25, 0.3) is 0 Å². The maximum atomic E-state index is 5.47. The van der Waals surface area contributed by atoms with Gasteiger partial charge in [0.1, 0.15) is 11.6 Å². The molecule has 2 rings (SSSR count). The first kappa shape index (κ1) is 14.4. The predicted molar refractivity (Wildman–Crippen MR) is 80.2 cm³/mol. The van der Waals surface area contributed by atoms with Crippen LogP contribution in [0, 0.1) is 0 Å². The van der Waals surface area contributed by atoms with E-state index in [1.165, 1.54) is 0 Å². The van der Waals surface area contributed by atoms with Crippen LogP contribution in [0.1, 0.15) is 19.8 Å². The number of methoxy groups -OCH3 is 1. The van der Waals surface area contributed by atoms with Crippen LogP contribution in [-0.2, 0) is 4.74 Å². The summed E-state index contributed by atoms with van der Waals surface area (Å²) < 4.78 is 5.47. The van der Waals surface area contributed by atoms with Gasteiger partial charge in [-0.2, -0.15) is 0 Å². The van der Waals surface area contributed by atoms with Crippen LogP contribution >= 0.6 is 11.8 Å². The molecule has 1 aliphatic rings. The molecular weight excluding hydrogens is 260 g/mol. The quantitative estimate of drug-likeness (QED) is 0.660. The van der Waals surface area contributed by atoms with E-state index < -0.39 is 0 Å². The molecule has 1 aromatic rings. The summed E-state index contributed by atoms with van der Waals surface area (Å²) in [6.45, 7) is 4.89. The van der Waals surface area contributed by atoms with E-state index in [0.29, 0.717) is 6.10 Å². The van der Waals surface area contributed by atoms with Crippen molar-refractivity contribution >= 4 is 23.4 Å². The predicted octanol–water partition coefficient (Wildman–Crippen LogP) is 2.25. The van der Waals surface area contributed by atoms with Crippen molar-refractivity contribution in [3.8, 4) is 0 Å².